The van der Waals surface area contributed by atoms with Gasteiger partial charge in [0.25, 0.3) is 0 Å². The third-order valence-electron chi connectivity index (χ3n) is 2.15. The molecule has 1 N–H and O–H groups in total. The molecule has 0 radical (unpaired) electrons. The van der Waals surface area contributed by atoms with E-state index in [1.54, 1.807) is 0 Å². The summed E-state index contributed by atoms with van der Waals surface area (Å²) >= 11 is 0. The highest BCUT2D eigenvalue weighted by molar-refractivity contribution is 6.82. The van der Waals surface area contributed by atoms with Crippen LogP contribution < -0.4 is 5.32 Å². The molecule has 0 aliphatic rings. The van der Waals surface area contributed by atoms with Crippen molar-refractivity contribution in [3.05, 3.63) is 42.6 Å². The van der Waals surface area contributed by atoms with Crippen LogP contribution in [0.15, 0.2) is 42.6 Å². The summed E-state index contributed by atoms with van der Waals surface area (Å²) in [6, 6.07) is 9.25. The normalized spacial score (nSPS) is 10.6. The molecule has 1 rings (SSSR count). The lowest BCUT2D eigenvalue weighted by Gasteiger charge is -2.16. The maximum atomic E-state index is 11.4. The first-order chi connectivity index (χ1) is 7.53. The zero-order chi connectivity index (χ0) is 12.0. The highest BCUT2D eigenvalue weighted by Crippen LogP contribution is 2.07. The first-order valence-electron chi connectivity index (χ1n) is 5.16. The van der Waals surface area contributed by atoms with E-state index in [9.17, 15) is 4.79 Å². The summed E-state index contributed by atoms with van der Waals surface area (Å²) < 4.78 is 5.14. The highest BCUT2D eigenvalue weighted by Gasteiger charge is 2.18. The third-order valence-corrected chi connectivity index (χ3v) is 4.14. The fraction of sp³-hybridized carbons (Fsp3) is 0.250. The molecule has 0 unspecified atom stereocenters. The molecule has 0 aliphatic heterocycles. The van der Waals surface area contributed by atoms with Gasteiger partial charge in [0, 0.05) is 5.69 Å². The Balaban J connectivity index is 2.40. The average molecular weight is 235 g/mol. The minimum atomic E-state index is -1.58. The number of para-hydroxylation sites is 1. The Hall–Kier alpha value is -1.55. The molecule has 1 amide bonds. The van der Waals surface area contributed by atoms with Crippen LogP contribution in [0.4, 0.5) is 10.5 Å². The Bertz CT molecular complexity index is 363. The van der Waals surface area contributed by atoms with Crippen molar-refractivity contribution in [1.29, 1.82) is 0 Å². The molecule has 0 atom stereocenters. The molecule has 0 saturated carbocycles. The molecule has 0 bridgehead atoms. The van der Waals surface area contributed by atoms with E-state index in [1.165, 1.54) is 0 Å². The van der Waals surface area contributed by atoms with Crippen LogP contribution in [0.2, 0.25) is 13.1 Å². The van der Waals surface area contributed by atoms with Crippen molar-refractivity contribution in [2.24, 2.45) is 0 Å². The van der Waals surface area contributed by atoms with E-state index < -0.39 is 14.2 Å². The van der Waals surface area contributed by atoms with Crippen molar-refractivity contribution in [3.63, 3.8) is 0 Å². The predicted molar refractivity (Wildman–Crippen MR) is 69.1 cm³/mol. The monoisotopic (exact) mass is 235 g/mol. The largest absolute Gasteiger partial charge is 0.453 e. The average Bonchev–Trinajstić information content (AvgIpc) is 2.28. The summed E-state index contributed by atoms with van der Waals surface area (Å²) in [5.41, 5.74) is 2.65. The first kappa shape index (κ1) is 12.5. The third kappa shape index (κ3) is 4.31. The molecular weight excluding hydrogens is 218 g/mol. The SMILES string of the molecule is C=C[Si](C)(C)COC(=O)Nc1ccccc1. The number of hydrogen-bond donors (Lipinski definition) is 1. The van der Waals surface area contributed by atoms with E-state index in [4.69, 9.17) is 4.74 Å². The van der Waals surface area contributed by atoms with Crippen molar-refractivity contribution in [2.45, 2.75) is 13.1 Å². The number of nitrogens with one attached hydrogen (secondary N) is 1. The molecule has 0 aromatic heterocycles. The van der Waals surface area contributed by atoms with Gasteiger partial charge < -0.3 is 4.74 Å². The van der Waals surface area contributed by atoms with Crippen LogP contribution in [-0.2, 0) is 4.74 Å². The van der Waals surface area contributed by atoms with Crippen LogP contribution >= 0.6 is 0 Å². The summed E-state index contributed by atoms with van der Waals surface area (Å²) in [5.74, 6) is 0. The summed E-state index contributed by atoms with van der Waals surface area (Å²) in [7, 11) is -1.58. The molecule has 3 nitrogen and oxygen atoms in total. The number of hydrogen-bond acceptors (Lipinski definition) is 2. The van der Waals surface area contributed by atoms with Gasteiger partial charge in [-0.2, -0.15) is 0 Å². The van der Waals surface area contributed by atoms with Crippen LogP contribution in [0.1, 0.15) is 0 Å². The standard InChI is InChI=1S/C12H17NO2Si/c1-4-16(2,3)10-15-12(14)13-11-8-6-5-7-9-11/h4-9H,1,10H2,2-3H3,(H,13,14). The number of carbonyl (C=O) groups excluding carboxylic acids is 1. The van der Waals surface area contributed by atoms with Gasteiger partial charge >= 0.3 is 6.09 Å². The summed E-state index contributed by atoms with van der Waals surface area (Å²) in [6.45, 7) is 7.93. The van der Waals surface area contributed by atoms with Gasteiger partial charge in [0.05, 0.1) is 6.23 Å². The van der Waals surface area contributed by atoms with Gasteiger partial charge in [-0.3, -0.25) is 5.32 Å². The van der Waals surface area contributed by atoms with Gasteiger partial charge in [-0.15, -0.1) is 6.58 Å². The van der Waals surface area contributed by atoms with Crippen LogP contribution in [0, 0.1) is 0 Å². The molecule has 0 saturated heterocycles. The van der Waals surface area contributed by atoms with Crippen molar-refractivity contribution in [1.82, 2.24) is 0 Å². The molecule has 4 heteroatoms. The summed E-state index contributed by atoms with van der Waals surface area (Å²) in [5, 5.41) is 2.67. The summed E-state index contributed by atoms with van der Waals surface area (Å²) in [6.07, 6.45) is 0.0449. The van der Waals surface area contributed by atoms with E-state index in [0.29, 0.717) is 6.23 Å². The first-order valence-corrected chi connectivity index (χ1v) is 8.44. The minimum absolute atomic E-state index is 0.409. The highest BCUT2D eigenvalue weighted by atomic mass is 28.3. The van der Waals surface area contributed by atoms with Gasteiger partial charge in [-0.05, 0) is 12.1 Å². The zero-order valence-corrected chi connectivity index (χ0v) is 10.7. The lowest BCUT2D eigenvalue weighted by Crippen LogP contribution is -2.32. The minimum Gasteiger partial charge on any atom is -0.453 e. The lowest BCUT2D eigenvalue weighted by atomic mass is 10.3. The number of anilines is 1. The van der Waals surface area contributed by atoms with Crippen LogP contribution in [0.25, 0.3) is 0 Å². The number of carbonyl (C=O) groups is 1. The van der Waals surface area contributed by atoms with Crippen molar-refractivity contribution >= 4 is 19.9 Å². The van der Waals surface area contributed by atoms with Crippen LogP contribution in [0.5, 0.6) is 0 Å². The van der Waals surface area contributed by atoms with Crippen molar-refractivity contribution < 1.29 is 9.53 Å². The predicted octanol–water partition coefficient (Wildman–Crippen LogP) is 3.21. The van der Waals surface area contributed by atoms with Crippen LogP contribution in [0.3, 0.4) is 0 Å². The second-order valence-electron chi connectivity index (χ2n) is 4.26. The quantitative estimate of drug-likeness (QED) is 0.814. The molecule has 1 aromatic carbocycles. The van der Waals surface area contributed by atoms with E-state index in [0.717, 1.165) is 5.69 Å². The topological polar surface area (TPSA) is 38.3 Å². The van der Waals surface area contributed by atoms with E-state index in [1.807, 2.05) is 36.0 Å². The lowest BCUT2D eigenvalue weighted by molar-refractivity contribution is 0.178. The smallest absolute Gasteiger partial charge is 0.411 e. The Morgan fingerprint density at radius 3 is 2.62 bits per heavy atom. The Morgan fingerprint density at radius 2 is 2.06 bits per heavy atom. The molecule has 16 heavy (non-hydrogen) atoms. The Kier molecular flexibility index (Phi) is 4.31. The molecule has 0 spiro atoms. The van der Waals surface area contributed by atoms with Gasteiger partial charge in [0.1, 0.15) is 8.07 Å². The second kappa shape index (κ2) is 5.51. The zero-order valence-electron chi connectivity index (χ0n) is 9.69. The maximum absolute atomic E-state index is 11.4. The van der Waals surface area contributed by atoms with E-state index >= 15 is 0 Å². The molecule has 0 fully saturated rings. The van der Waals surface area contributed by atoms with Crippen LogP contribution in [-0.4, -0.2) is 20.4 Å². The van der Waals surface area contributed by atoms with Gasteiger partial charge in [0.2, 0.25) is 0 Å². The fourth-order valence-corrected chi connectivity index (χ4v) is 1.61. The molecule has 86 valence electrons. The number of ether oxygens (including phenoxy) is 1. The van der Waals surface area contributed by atoms with Gasteiger partial charge in [-0.25, -0.2) is 4.79 Å². The van der Waals surface area contributed by atoms with Gasteiger partial charge in [0.15, 0.2) is 0 Å². The number of amides is 1. The fourth-order valence-electron chi connectivity index (χ4n) is 0.986. The second-order valence-corrected chi connectivity index (χ2v) is 8.93. The maximum Gasteiger partial charge on any atom is 0.411 e. The number of benzene rings is 1. The van der Waals surface area contributed by atoms with Crippen molar-refractivity contribution in [2.75, 3.05) is 11.5 Å². The Morgan fingerprint density at radius 1 is 1.44 bits per heavy atom. The van der Waals surface area contributed by atoms with E-state index in [2.05, 4.69) is 25.0 Å². The Labute approximate surface area is 97.1 Å². The molecule has 0 aliphatic carbocycles. The van der Waals surface area contributed by atoms with Gasteiger partial charge in [-0.1, -0.05) is 37.0 Å². The molecule has 0 heterocycles. The molecular formula is C12H17NO2Si. The number of rotatable bonds is 4. The van der Waals surface area contributed by atoms with Crippen molar-refractivity contribution in [3.8, 4) is 0 Å². The summed E-state index contributed by atoms with van der Waals surface area (Å²) in [4.78, 5) is 11.4. The molecule has 1 aromatic rings. The van der Waals surface area contributed by atoms with E-state index in [-0.39, 0.29) is 0 Å².